The monoisotopic (exact) mass is 459 g/mol. The van der Waals surface area contributed by atoms with E-state index in [1.165, 1.54) is 4.90 Å². The molecule has 1 aliphatic heterocycles. The fourth-order valence-corrected chi connectivity index (χ4v) is 5.00. The maximum atomic E-state index is 13.2. The summed E-state index contributed by atoms with van der Waals surface area (Å²) < 4.78 is 18.0. The Kier molecular flexibility index (Phi) is 8.44. The molecule has 1 heterocycles. The van der Waals surface area contributed by atoms with Crippen molar-refractivity contribution >= 4 is 28.7 Å². The molecular weight excluding hydrogens is 414 g/mol. The zero-order valence-corrected chi connectivity index (χ0v) is 23.3. The Labute approximate surface area is 186 Å². The van der Waals surface area contributed by atoms with Gasteiger partial charge in [0.1, 0.15) is 6.04 Å². The lowest BCUT2D eigenvalue weighted by Crippen LogP contribution is -2.49. The van der Waals surface area contributed by atoms with Crippen molar-refractivity contribution in [2.45, 2.75) is 110 Å². The minimum absolute atomic E-state index is 0.0513. The van der Waals surface area contributed by atoms with E-state index < -0.39 is 28.8 Å². The lowest BCUT2D eigenvalue weighted by atomic mass is 10.2. The fourth-order valence-electron chi connectivity index (χ4n) is 2.69. The smallest absolute Gasteiger partial charge is 0.410 e. The lowest BCUT2D eigenvalue weighted by Gasteiger charge is -2.38. The first-order chi connectivity index (χ1) is 13.3. The van der Waals surface area contributed by atoms with Gasteiger partial charge in [0.15, 0.2) is 8.32 Å². The summed E-state index contributed by atoms with van der Waals surface area (Å²) in [6, 6.07) is -0.659. The minimum Gasteiger partial charge on any atom is -0.518 e. The van der Waals surface area contributed by atoms with Crippen LogP contribution in [0.25, 0.3) is 0 Å². The van der Waals surface area contributed by atoms with Gasteiger partial charge in [0, 0.05) is 13.0 Å². The number of carbonyl (C=O) groups is 2. The second kappa shape index (κ2) is 9.32. The van der Waals surface area contributed by atoms with E-state index in [4.69, 9.17) is 13.6 Å². The predicted molar refractivity (Wildman–Crippen MR) is 127 cm³/mol. The van der Waals surface area contributed by atoms with E-state index in [1.54, 1.807) is 0 Å². The molecule has 0 unspecified atom stereocenters. The molecule has 0 N–H and O–H groups in total. The van der Waals surface area contributed by atoms with Crippen LogP contribution in [0.5, 0.6) is 0 Å². The van der Waals surface area contributed by atoms with Crippen molar-refractivity contribution in [3.8, 4) is 0 Å². The van der Waals surface area contributed by atoms with Gasteiger partial charge in [-0.1, -0.05) is 55.4 Å². The molecule has 0 aromatic rings. The molecule has 2 atom stereocenters. The van der Waals surface area contributed by atoms with Gasteiger partial charge in [0.05, 0.1) is 12.7 Å². The Hall–Kier alpha value is -0.866. The molecule has 30 heavy (non-hydrogen) atoms. The van der Waals surface area contributed by atoms with Crippen molar-refractivity contribution in [1.29, 1.82) is 0 Å². The van der Waals surface area contributed by atoms with Crippen molar-refractivity contribution in [3.63, 3.8) is 0 Å². The zero-order valence-electron chi connectivity index (χ0n) is 21.3. The summed E-state index contributed by atoms with van der Waals surface area (Å²) in [5.41, 5.74) is 0. The topological polar surface area (TPSA) is 65.1 Å². The SMILES string of the molecule is CC(C)COC(=O)N1C[C@@H](O[Si](C)(C)C(C)(C)C)C[C@H]1C(=O)O[Si](C)(C)C(C)(C)C. The molecule has 0 aliphatic carbocycles. The van der Waals surface area contributed by atoms with E-state index in [0.717, 1.165) is 0 Å². The van der Waals surface area contributed by atoms with Gasteiger partial charge in [-0.15, -0.1) is 0 Å². The first-order valence-electron chi connectivity index (χ1n) is 11.1. The molecule has 1 rings (SSSR count). The van der Waals surface area contributed by atoms with Crippen LogP contribution in [0.3, 0.4) is 0 Å². The minimum atomic E-state index is -2.30. The number of nitrogens with zero attached hydrogens (tertiary/aromatic N) is 1. The van der Waals surface area contributed by atoms with E-state index in [0.29, 0.717) is 19.6 Å². The number of amides is 1. The number of ether oxygens (including phenoxy) is 1. The summed E-state index contributed by atoms with van der Waals surface area (Å²) in [5, 5.41) is -0.0446. The van der Waals surface area contributed by atoms with Gasteiger partial charge in [-0.3, -0.25) is 9.69 Å². The number of rotatable bonds is 6. The van der Waals surface area contributed by atoms with Crippen molar-refractivity contribution in [3.05, 3.63) is 0 Å². The average Bonchev–Trinajstić information content (AvgIpc) is 2.93. The number of hydrogen-bond acceptors (Lipinski definition) is 5. The van der Waals surface area contributed by atoms with Crippen LogP contribution in [-0.2, 0) is 18.4 Å². The summed E-state index contributed by atoms with van der Waals surface area (Å²) >= 11 is 0. The van der Waals surface area contributed by atoms with Crippen molar-refractivity contribution < 1.29 is 23.2 Å². The van der Waals surface area contributed by atoms with Gasteiger partial charge >= 0.3 is 12.1 Å². The Morgan fingerprint density at radius 1 is 0.967 bits per heavy atom. The molecule has 0 aromatic carbocycles. The lowest BCUT2D eigenvalue weighted by molar-refractivity contribution is -0.140. The van der Waals surface area contributed by atoms with Gasteiger partial charge in [0.25, 0.3) is 8.32 Å². The molecule has 1 aliphatic rings. The normalized spacial score (nSPS) is 21.2. The highest BCUT2D eigenvalue weighted by Gasteiger charge is 2.49. The molecule has 1 saturated heterocycles. The van der Waals surface area contributed by atoms with Crippen molar-refractivity contribution in [1.82, 2.24) is 4.90 Å². The van der Waals surface area contributed by atoms with Gasteiger partial charge in [0.2, 0.25) is 0 Å². The second-order valence-corrected chi connectivity index (χ2v) is 21.5. The molecule has 0 saturated carbocycles. The number of carbonyl (C=O) groups excluding carboxylic acids is 2. The molecule has 0 spiro atoms. The third kappa shape index (κ3) is 6.82. The van der Waals surface area contributed by atoms with E-state index in [1.807, 2.05) is 26.9 Å². The van der Waals surface area contributed by atoms with E-state index >= 15 is 0 Å². The highest BCUT2D eigenvalue weighted by atomic mass is 28.4. The number of hydrogen-bond donors (Lipinski definition) is 0. The Balaban J connectivity index is 3.06. The van der Waals surface area contributed by atoms with Gasteiger partial charge < -0.3 is 13.6 Å². The van der Waals surface area contributed by atoms with E-state index in [9.17, 15) is 9.59 Å². The highest BCUT2D eigenvalue weighted by Crippen LogP contribution is 2.40. The first-order valence-corrected chi connectivity index (χ1v) is 16.9. The Morgan fingerprint density at radius 3 is 1.90 bits per heavy atom. The zero-order chi connectivity index (χ0) is 23.7. The highest BCUT2D eigenvalue weighted by molar-refractivity contribution is 6.75. The van der Waals surface area contributed by atoms with Crippen LogP contribution in [-0.4, -0.2) is 58.9 Å². The first kappa shape index (κ1) is 27.2. The molecule has 0 aromatic heterocycles. The maximum Gasteiger partial charge on any atom is 0.410 e. The molecule has 176 valence electrons. The summed E-state index contributed by atoms with van der Waals surface area (Å²) in [4.78, 5) is 27.5. The second-order valence-electron chi connectivity index (χ2n) is 12.1. The molecule has 0 radical (unpaired) electrons. The van der Waals surface area contributed by atoms with Crippen molar-refractivity contribution in [2.24, 2.45) is 5.92 Å². The third-order valence-electron chi connectivity index (χ3n) is 6.74. The summed E-state index contributed by atoms with van der Waals surface area (Å²) in [7, 11) is -4.33. The van der Waals surface area contributed by atoms with Gasteiger partial charge in [-0.05, 0) is 42.2 Å². The predicted octanol–water partition coefficient (Wildman–Crippen LogP) is 5.79. The summed E-state index contributed by atoms with van der Waals surface area (Å²) in [6.45, 7) is 26.0. The third-order valence-corrected chi connectivity index (χ3v) is 15.6. The molecular formula is C22H45NO5Si2. The largest absolute Gasteiger partial charge is 0.518 e. The average molecular weight is 460 g/mol. The van der Waals surface area contributed by atoms with Crippen LogP contribution >= 0.6 is 0 Å². The van der Waals surface area contributed by atoms with Crippen LogP contribution in [0.4, 0.5) is 4.79 Å². The van der Waals surface area contributed by atoms with Crippen LogP contribution < -0.4 is 0 Å². The summed E-state index contributed by atoms with van der Waals surface area (Å²) in [5.74, 6) is -0.0992. The molecule has 8 heteroatoms. The number of likely N-dealkylation sites (tertiary alicyclic amines) is 1. The Bertz CT molecular complexity index is 620. The molecule has 1 amide bonds. The maximum absolute atomic E-state index is 13.2. The standard InChI is InChI=1S/C22H45NO5Si2/c1-16(2)15-26-20(25)23-14-17(27-29(9,10)21(3,4)5)13-18(23)19(24)28-30(11,12)22(6,7)8/h16-18H,13-15H2,1-12H3/t17-,18-/m0/s1. The molecule has 0 bridgehead atoms. The van der Waals surface area contributed by atoms with Crippen LogP contribution in [0.2, 0.25) is 36.3 Å². The van der Waals surface area contributed by atoms with Crippen LogP contribution in [0.15, 0.2) is 0 Å². The molecule has 6 nitrogen and oxygen atoms in total. The quantitative estimate of drug-likeness (QED) is 0.470. The molecule has 1 fully saturated rings. The Morgan fingerprint density at radius 2 is 1.47 bits per heavy atom. The van der Waals surface area contributed by atoms with Gasteiger partial charge in [-0.25, -0.2) is 4.79 Å². The van der Waals surface area contributed by atoms with Crippen molar-refractivity contribution in [2.75, 3.05) is 13.2 Å². The van der Waals surface area contributed by atoms with Crippen LogP contribution in [0.1, 0.15) is 61.8 Å². The van der Waals surface area contributed by atoms with E-state index in [2.05, 4.69) is 54.6 Å². The van der Waals surface area contributed by atoms with Gasteiger partial charge in [-0.2, -0.15) is 0 Å². The van der Waals surface area contributed by atoms with Crippen LogP contribution in [0, 0.1) is 5.92 Å². The summed E-state index contributed by atoms with van der Waals surface area (Å²) in [6.07, 6.45) is -0.187. The van der Waals surface area contributed by atoms with E-state index in [-0.39, 0.29) is 28.1 Å². The fraction of sp³-hybridized carbons (Fsp3) is 0.909.